The van der Waals surface area contributed by atoms with Crippen molar-refractivity contribution in [2.45, 2.75) is 172 Å². The summed E-state index contributed by atoms with van der Waals surface area (Å²) in [5.74, 6) is -18.8. The molecule has 554 valence electrons. The minimum atomic E-state index is -1.77. The molecule has 4 fully saturated rings. The molecule has 4 bridgehead atoms. The normalized spacial score (nSPS) is 27.7. The van der Waals surface area contributed by atoms with Crippen molar-refractivity contribution >= 4 is 153 Å². The number of fused-ring (bicyclic) bond motifs is 20. The third-order valence-electron chi connectivity index (χ3n) is 17.2. The predicted molar refractivity (Wildman–Crippen MR) is 384 cm³/mol. The lowest BCUT2D eigenvalue weighted by molar-refractivity contribution is -0.144. The lowest BCUT2D eigenvalue weighted by atomic mass is 9.89. The highest BCUT2D eigenvalue weighted by Gasteiger charge is 2.42. The summed E-state index contributed by atoms with van der Waals surface area (Å²) in [5, 5.41) is 49.8. The van der Waals surface area contributed by atoms with Crippen LogP contribution in [0.15, 0.2) is 48.5 Å². The van der Waals surface area contributed by atoms with Crippen molar-refractivity contribution in [3.8, 4) is 11.5 Å². The number of ether oxygens (including phenoxy) is 1. The van der Waals surface area contributed by atoms with Gasteiger partial charge in [0, 0.05) is 91.9 Å². The number of esters is 1. The molecule has 2 aromatic rings. The summed E-state index contributed by atoms with van der Waals surface area (Å²) in [5.41, 5.74) is 13.4. The maximum atomic E-state index is 15.2. The van der Waals surface area contributed by atoms with E-state index in [2.05, 4.69) is 37.2 Å². The number of primary amides is 1. The van der Waals surface area contributed by atoms with Crippen molar-refractivity contribution in [3.63, 3.8) is 0 Å². The Labute approximate surface area is 608 Å². The summed E-state index contributed by atoms with van der Waals surface area (Å²) >= 11 is 0. The monoisotopic (exact) mass is 1520 g/mol. The van der Waals surface area contributed by atoms with Crippen LogP contribution in [0.25, 0.3) is 0 Å². The maximum Gasteiger partial charge on any atom is 0.305 e. The third kappa shape index (κ3) is 27.0. The van der Waals surface area contributed by atoms with Crippen LogP contribution >= 0.6 is 64.8 Å². The summed E-state index contributed by atoms with van der Waals surface area (Å²) in [7, 11) is 5.77. The van der Waals surface area contributed by atoms with Crippen molar-refractivity contribution in [2.75, 3.05) is 47.7 Å². The first-order chi connectivity index (χ1) is 48.0. The van der Waals surface area contributed by atoms with Gasteiger partial charge in [-0.3, -0.25) is 71.9 Å². The SMILES string of the molecule is CCOC(=O)CC[C@@H]1NC(=O)[C@@H]2CSSC[C@@H]3CC(=O)[C@H](C)NC(=O)C4CCCN4C(=O)[C@H](CC(N)=O)NC(=O)[C@H](CSSC[C@H](N)C(=O)C2)NC(=O)[C@@H](CSSC[C@H](C(=O)C[C@H](C)Cc2ccc(O)cc2)NC(=O)CCC(=O)[C@H]([C@H](C)O)NC3=O)NC(=O)[C@H](Cc2ccc(O)cc2)CC1=O. The Bertz CT molecular complexity index is 3320. The number of phenolic OH excluding ortho intramolecular Hbond substituents is 2. The molecule has 0 radical (unpaired) electrons. The molecule has 4 aliphatic heterocycles. The van der Waals surface area contributed by atoms with Gasteiger partial charge in [0.1, 0.15) is 41.7 Å². The van der Waals surface area contributed by atoms with E-state index >= 15 is 14.4 Å². The Morgan fingerprint density at radius 2 is 1.17 bits per heavy atom. The molecule has 14 N–H and O–H groups in total. The van der Waals surface area contributed by atoms with Gasteiger partial charge in [0.05, 0.1) is 55.1 Å². The zero-order chi connectivity index (χ0) is 74.0. The minimum Gasteiger partial charge on any atom is -0.508 e. The van der Waals surface area contributed by atoms with Crippen LogP contribution in [0.3, 0.4) is 0 Å². The second-order valence-electron chi connectivity index (χ2n) is 25.4. The van der Waals surface area contributed by atoms with Gasteiger partial charge in [-0.2, -0.15) is 0 Å². The molecule has 0 aromatic heterocycles. The van der Waals surface area contributed by atoms with Gasteiger partial charge < -0.3 is 73.6 Å². The number of nitrogens with two attached hydrogens (primary N) is 2. The molecular formula is C66H90N10O19S6. The number of nitrogens with one attached hydrogen (secondary N) is 7. The number of hydrogen-bond donors (Lipinski definition) is 12. The van der Waals surface area contributed by atoms with Crippen molar-refractivity contribution in [1.82, 2.24) is 42.1 Å². The highest BCUT2D eigenvalue weighted by atomic mass is 33.1. The zero-order valence-electron chi connectivity index (χ0n) is 56.5. The van der Waals surface area contributed by atoms with Crippen molar-refractivity contribution < 1.29 is 92.0 Å². The van der Waals surface area contributed by atoms with Gasteiger partial charge in [0.2, 0.25) is 53.2 Å². The highest BCUT2D eigenvalue weighted by molar-refractivity contribution is 8.77. The fraction of sp³-hybridized carbons (Fsp3) is 0.591. The predicted octanol–water partition coefficient (Wildman–Crippen LogP) is 1.07. The average Bonchev–Trinajstić information content (AvgIpc) is 1.76. The summed E-state index contributed by atoms with van der Waals surface area (Å²) in [6, 6.07) is -1.53. The van der Waals surface area contributed by atoms with E-state index in [1.165, 1.54) is 50.2 Å². The number of amides is 9. The lowest BCUT2D eigenvalue weighted by Crippen LogP contribution is -2.60. The molecular weight excluding hydrogens is 1430 g/mol. The number of aromatic hydroxyl groups is 2. The van der Waals surface area contributed by atoms with E-state index in [0.717, 1.165) is 75.2 Å². The van der Waals surface area contributed by atoms with Crippen LogP contribution in [0.4, 0.5) is 0 Å². The number of Topliss-reactive ketones (excluding diaryl/α,β-unsaturated/α-hetero) is 5. The molecule has 4 aliphatic rings. The standard InChI is InChI=1S/C66H90N10O19S6/c1-5-95-58(87)19-16-45-55(84)24-39(23-38-10-14-43(79)15-11-38)60(88)73-48-32-101-99-31-47(54(83)22-34(2)21-37-8-12-42(78)13-9-37)70-57(86)18-17-51(80)59(36(4)77)75-62(90)40-25-52(81)35(3)69-65(93)50-7-6-20-76(50)66(94)46(27-56(68)85)72-63(91)49(74-64(48)92)33-100-98-30-44(67)53(82)26-41(61(89)71-45)29-97-96-28-40/h8-15,34-36,39-41,44-50,59,77-79H,5-7,16-33,67H2,1-4H3,(H2,68,85)(H,69,93)(H,70,86)(H,71,89)(H,72,91)(H,73,88)(H,74,92)(H,75,90)/t34-,35+,36+,39-,40+,41+,44+,45+,46+,47-,48-,49+,50?,59+/m1/s1. The molecule has 2 aromatic carbocycles. The number of aliphatic hydroxyl groups excluding tert-OH is 1. The minimum absolute atomic E-state index is 0.0304. The van der Waals surface area contributed by atoms with Crippen molar-refractivity contribution in [3.05, 3.63) is 59.7 Å². The Kier molecular flexibility index (Phi) is 34.1. The van der Waals surface area contributed by atoms with E-state index in [-0.39, 0.29) is 97.2 Å². The number of phenols is 2. The largest absolute Gasteiger partial charge is 0.508 e. The van der Waals surface area contributed by atoms with E-state index in [1.807, 2.05) is 0 Å². The van der Waals surface area contributed by atoms with Gasteiger partial charge in [-0.15, -0.1) is 0 Å². The molecule has 9 amide bonds. The molecule has 1 unspecified atom stereocenters. The smallest absolute Gasteiger partial charge is 0.305 e. The Hall–Kier alpha value is -6.89. The van der Waals surface area contributed by atoms with Crippen LogP contribution in [0.2, 0.25) is 0 Å². The molecule has 0 saturated carbocycles. The van der Waals surface area contributed by atoms with Gasteiger partial charge in [-0.25, -0.2) is 0 Å². The number of aliphatic hydroxyl groups is 1. The number of hydrogen-bond acceptors (Lipinski definition) is 26. The fourth-order valence-electron chi connectivity index (χ4n) is 11.5. The van der Waals surface area contributed by atoms with Crippen LogP contribution in [-0.4, -0.2) is 216 Å². The van der Waals surface area contributed by atoms with Gasteiger partial charge in [0.25, 0.3) is 0 Å². The fourth-order valence-corrected chi connectivity index (χ4v) is 18.8. The van der Waals surface area contributed by atoms with Gasteiger partial charge in [0.15, 0.2) is 28.9 Å². The van der Waals surface area contributed by atoms with E-state index < -0.39 is 211 Å². The van der Waals surface area contributed by atoms with Crippen LogP contribution in [0, 0.1) is 23.7 Å². The maximum absolute atomic E-state index is 15.2. The Balaban J connectivity index is 1.55. The van der Waals surface area contributed by atoms with E-state index in [1.54, 1.807) is 26.0 Å². The Morgan fingerprint density at radius 3 is 1.78 bits per heavy atom. The quantitative estimate of drug-likeness (QED) is 0.0929. The average molecular weight is 1520 g/mol. The summed E-state index contributed by atoms with van der Waals surface area (Å²) in [6.07, 6.45) is -5.86. The van der Waals surface area contributed by atoms with E-state index in [0.29, 0.717) is 12.0 Å². The van der Waals surface area contributed by atoms with Gasteiger partial charge >= 0.3 is 5.97 Å². The third-order valence-corrected chi connectivity index (χ3v) is 24.6. The molecule has 35 heteroatoms. The first-order valence-corrected chi connectivity index (χ1v) is 40.7. The van der Waals surface area contributed by atoms with E-state index in [9.17, 15) is 72.9 Å². The molecule has 0 aliphatic carbocycles. The molecule has 6 rings (SSSR count). The molecule has 29 nitrogen and oxygen atoms in total. The second kappa shape index (κ2) is 41.4. The van der Waals surface area contributed by atoms with Gasteiger partial charge in [-0.05, 0) is 94.2 Å². The van der Waals surface area contributed by atoms with Crippen LogP contribution in [0.1, 0.15) is 109 Å². The first kappa shape index (κ1) is 83.1. The molecule has 4 saturated heterocycles. The second-order valence-corrected chi connectivity index (χ2v) is 33.1. The molecule has 101 heavy (non-hydrogen) atoms. The molecule has 0 spiro atoms. The van der Waals surface area contributed by atoms with Gasteiger partial charge in [-0.1, -0.05) is 96.0 Å². The zero-order valence-corrected chi connectivity index (χ0v) is 61.4. The van der Waals surface area contributed by atoms with Crippen molar-refractivity contribution in [2.24, 2.45) is 35.1 Å². The summed E-state index contributed by atoms with van der Waals surface area (Å²) < 4.78 is 5.18. The Morgan fingerprint density at radius 1 is 0.614 bits per heavy atom. The lowest BCUT2D eigenvalue weighted by Gasteiger charge is -2.30. The highest BCUT2D eigenvalue weighted by Crippen LogP contribution is 2.32. The number of carbonyl (C=O) groups is 15. The number of benzene rings is 2. The van der Waals surface area contributed by atoms with Crippen LogP contribution < -0.4 is 48.7 Å². The number of ketones is 5. The molecule has 4 heterocycles. The number of rotatable bonds is 14. The topological polar surface area (TPSA) is 465 Å². The van der Waals surface area contributed by atoms with Crippen molar-refractivity contribution in [1.29, 1.82) is 0 Å². The number of nitrogens with zero attached hydrogens (tertiary/aromatic N) is 1. The summed E-state index contributed by atoms with van der Waals surface area (Å²) in [6.45, 7) is 5.80. The van der Waals surface area contributed by atoms with Crippen LogP contribution in [-0.2, 0) is 89.5 Å². The van der Waals surface area contributed by atoms with Crippen LogP contribution in [0.5, 0.6) is 11.5 Å². The first-order valence-electron chi connectivity index (χ1n) is 33.2. The number of carbonyl (C=O) groups excluding carboxylic acids is 15. The van der Waals surface area contributed by atoms with E-state index in [4.69, 9.17) is 16.2 Å². The molecule has 14 atom stereocenters. The summed E-state index contributed by atoms with van der Waals surface area (Å²) in [4.78, 5) is 217.